The Morgan fingerprint density at radius 2 is 2.24 bits per heavy atom. The molecule has 0 saturated carbocycles. The Hall–Kier alpha value is -2.61. The first kappa shape index (κ1) is 14.8. The van der Waals surface area contributed by atoms with E-state index in [0.29, 0.717) is 12.3 Å². The fourth-order valence-electron chi connectivity index (χ4n) is 1.61. The van der Waals surface area contributed by atoms with Gasteiger partial charge in [0, 0.05) is 29.7 Å². The molecule has 110 valence electrons. The van der Waals surface area contributed by atoms with Crippen LogP contribution in [0, 0.1) is 10.1 Å². The van der Waals surface area contributed by atoms with Crippen LogP contribution in [0.15, 0.2) is 35.7 Å². The average Bonchev–Trinajstić information content (AvgIpc) is 2.92. The van der Waals surface area contributed by atoms with Gasteiger partial charge < -0.3 is 15.8 Å². The Bertz CT molecular complexity index is 656. The summed E-state index contributed by atoms with van der Waals surface area (Å²) < 4.78 is 5.19. The van der Waals surface area contributed by atoms with Crippen LogP contribution in [0.5, 0.6) is 5.75 Å². The molecule has 7 nitrogen and oxygen atoms in total. The van der Waals surface area contributed by atoms with Gasteiger partial charge in [0.25, 0.3) is 5.91 Å². The number of anilines is 1. The number of nitro groups is 1. The van der Waals surface area contributed by atoms with Crippen molar-refractivity contribution in [2.75, 3.05) is 11.9 Å². The van der Waals surface area contributed by atoms with Crippen LogP contribution in [0.2, 0.25) is 0 Å². The van der Waals surface area contributed by atoms with E-state index in [2.05, 4.69) is 5.32 Å². The molecule has 0 aliphatic carbocycles. The number of hydrogen-bond acceptors (Lipinski definition) is 6. The zero-order valence-electron chi connectivity index (χ0n) is 10.9. The molecule has 3 N–H and O–H groups in total. The van der Waals surface area contributed by atoms with Gasteiger partial charge in [0.15, 0.2) is 6.61 Å². The van der Waals surface area contributed by atoms with Crippen molar-refractivity contribution < 1.29 is 14.5 Å². The minimum atomic E-state index is -0.543. The maximum Gasteiger partial charge on any atom is 0.324 e. The normalized spacial score (nSPS) is 10.1. The predicted molar refractivity (Wildman–Crippen MR) is 79.4 cm³/mol. The summed E-state index contributed by atoms with van der Waals surface area (Å²) in [7, 11) is 0. The molecule has 1 aromatic heterocycles. The second-order valence-electron chi connectivity index (χ2n) is 4.19. The highest BCUT2D eigenvalue weighted by Crippen LogP contribution is 2.24. The molecule has 0 aliphatic heterocycles. The van der Waals surface area contributed by atoms with Gasteiger partial charge in [-0.25, -0.2) is 0 Å². The Labute approximate surface area is 124 Å². The number of nitrogens with zero attached hydrogens (tertiary/aromatic N) is 1. The first-order valence-electron chi connectivity index (χ1n) is 6.01. The third-order valence-corrected chi connectivity index (χ3v) is 3.46. The molecular formula is C13H13N3O4S. The van der Waals surface area contributed by atoms with Crippen molar-refractivity contribution in [2.24, 2.45) is 5.73 Å². The van der Waals surface area contributed by atoms with Crippen LogP contribution in [0.4, 0.5) is 10.7 Å². The van der Waals surface area contributed by atoms with Crippen LogP contribution in [-0.2, 0) is 11.3 Å². The van der Waals surface area contributed by atoms with Gasteiger partial charge >= 0.3 is 5.00 Å². The van der Waals surface area contributed by atoms with E-state index in [1.807, 2.05) is 6.07 Å². The fourth-order valence-corrected chi connectivity index (χ4v) is 2.33. The van der Waals surface area contributed by atoms with Crippen molar-refractivity contribution in [1.29, 1.82) is 0 Å². The molecule has 2 rings (SSSR count). The van der Waals surface area contributed by atoms with E-state index in [-0.39, 0.29) is 11.6 Å². The Kier molecular flexibility index (Phi) is 4.72. The third-order valence-electron chi connectivity index (χ3n) is 2.53. The molecule has 1 heterocycles. The molecule has 0 bridgehead atoms. The van der Waals surface area contributed by atoms with Crippen molar-refractivity contribution in [3.05, 3.63) is 51.4 Å². The first-order valence-corrected chi connectivity index (χ1v) is 6.89. The highest BCUT2D eigenvalue weighted by molar-refractivity contribution is 7.13. The van der Waals surface area contributed by atoms with E-state index >= 15 is 0 Å². The summed E-state index contributed by atoms with van der Waals surface area (Å²) in [6.45, 7) is 0.282. The SMILES string of the molecule is NC(=O)COc1cccc(NCc2csc([N+](=O)[O-])c2)c1. The number of nitrogens with two attached hydrogens (primary N) is 1. The van der Waals surface area contributed by atoms with E-state index in [1.165, 1.54) is 6.07 Å². The number of amides is 1. The molecular weight excluding hydrogens is 294 g/mol. The molecule has 0 aliphatic rings. The molecule has 0 atom stereocenters. The summed E-state index contributed by atoms with van der Waals surface area (Å²) in [6.07, 6.45) is 0. The van der Waals surface area contributed by atoms with Crippen molar-refractivity contribution in [1.82, 2.24) is 0 Å². The first-order chi connectivity index (χ1) is 10.0. The summed E-state index contributed by atoms with van der Waals surface area (Å²) >= 11 is 1.09. The van der Waals surface area contributed by atoms with Crippen LogP contribution >= 0.6 is 11.3 Å². The quantitative estimate of drug-likeness (QED) is 0.602. The molecule has 21 heavy (non-hydrogen) atoms. The van der Waals surface area contributed by atoms with Gasteiger partial charge in [-0.3, -0.25) is 14.9 Å². The lowest BCUT2D eigenvalue weighted by Crippen LogP contribution is -2.20. The number of primary amides is 1. The van der Waals surface area contributed by atoms with E-state index in [4.69, 9.17) is 10.5 Å². The topological polar surface area (TPSA) is 107 Å². The summed E-state index contributed by atoms with van der Waals surface area (Å²) in [5.74, 6) is -0.0194. The monoisotopic (exact) mass is 307 g/mol. The van der Waals surface area contributed by atoms with Crippen LogP contribution < -0.4 is 15.8 Å². The van der Waals surface area contributed by atoms with Crippen molar-refractivity contribution in [3.63, 3.8) is 0 Å². The van der Waals surface area contributed by atoms with Crippen molar-refractivity contribution in [2.45, 2.75) is 6.54 Å². The number of carbonyl (C=O) groups excluding carboxylic acids is 1. The molecule has 0 saturated heterocycles. The molecule has 0 fully saturated rings. The van der Waals surface area contributed by atoms with Crippen molar-refractivity contribution in [3.8, 4) is 5.75 Å². The van der Waals surface area contributed by atoms with Crippen LogP contribution in [0.25, 0.3) is 0 Å². The maximum atomic E-state index is 10.7. The number of hydrogen-bond donors (Lipinski definition) is 2. The molecule has 8 heteroatoms. The number of benzene rings is 1. The van der Waals surface area contributed by atoms with Gasteiger partial charge in [-0.2, -0.15) is 0 Å². The van der Waals surface area contributed by atoms with E-state index < -0.39 is 10.8 Å². The third kappa shape index (κ3) is 4.46. The second kappa shape index (κ2) is 6.71. The number of rotatable bonds is 7. The van der Waals surface area contributed by atoms with E-state index in [0.717, 1.165) is 22.6 Å². The lowest BCUT2D eigenvalue weighted by Gasteiger charge is -2.08. The molecule has 0 spiro atoms. The number of ether oxygens (including phenoxy) is 1. The minimum Gasteiger partial charge on any atom is -0.484 e. The summed E-state index contributed by atoms with van der Waals surface area (Å²) in [4.78, 5) is 20.8. The van der Waals surface area contributed by atoms with Gasteiger partial charge in [0.05, 0.1) is 4.92 Å². The van der Waals surface area contributed by atoms with Gasteiger partial charge in [-0.15, -0.1) is 0 Å². The predicted octanol–water partition coefficient (Wildman–Crippen LogP) is 2.13. The van der Waals surface area contributed by atoms with Crippen LogP contribution in [-0.4, -0.2) is 17.4 Å². The molecule has 2 aromatic rings. The summed E-state index contributed by atoms with van der Waals surface area (Å²) in [6, 6.07) is 8.57. The zero-order chi connectivity index (χ0) is 15.2. The maximum absolute atomic E-state index is 10.7. The lowest BCUT2D eigenvalue weighted by atomic mass is 10.2. The number of thiophene rings is 1. The Morgan fingerprint density at radius 1 is 1.43 bits per heavy atom. The highest BCUT2D eigenvalue weighted by atomic mass is 32.1. The summed E-state index contributed by atoms with van der Waals surface area (Å²) in [5.41, 5.74) is 6.62. The Morgan fingerprint density at radius 3 is 2.90 bits per heavy atom. The fraction of sp³-hybridized carbons (Fsp3) is 0.154. The zero-order valence-corrected chi connectivity index (χ0v) is 11.8. The second-order valence-corrected chi connectivity index (χ2v) is 5.08. The van der Waals surface area contributed by atoms with Gasteiger partial charge in [0.2, 0.25) is 0 Å². The smallest absolute Gasteiger partial charge is 0.324 e. The molecule has 1 amide bonds. The molecule has 0 radical (unpaired) electrons. The highest BCUT2D eigenvalue weighted by Gasteiger charge is 2.09. The lowest BCUT2D eigenvalue weighted by molar-refractivity contribution is -0.380. The van der Waals surface area contributed by atoms with Crippen LogP contribution in [0.1, 0.15) is 5.56 Å². The van der Waals surface area contributed by atoms with Crippen LogP contribution in [0.3, 0.4) is 0 Å². The van der Waals surface area contributed by atoms with E-state index in [1.54, 1.807) is 23.6 Å². The van der Waals surface area contributed by atoms with Crippen molar-refractivity contribution >= 4 is 27.9 Å². The van der Waals surface area contributed by atoms with Gasteiger partial charge in [0.1, 0.15) is 5.75 Å². The number of carbonyl (C=O) groups is 1. The minimum absolute atomic E-state index is 0.116. The number of nitrogens with one attached hydrogen (secondary N) is 1. The standard InChI is InChI=1S/C13H13N3O4S/c14-12(17)7-20-11-3-1-2-10(5-11)15-6-9-4-13(16(18)19)21-8-9/h1-5,8,15H,6-7H2,(H2,14,17). The molecule has 0 unspecified atom stereocenters. The van der Waals surface area contributed by atoms with E-state index in [9.17, 15) is 14.9 Å². The largest absolute Gasteiger partial charge is 0.484 e. The van der Waals surface area contributed by atoms with Gasteiger partial charge in [-0.1, -0.05) is 17.4 Å². The summed E-state index contributed by atoms with van der Waals surface area (Å²) in [5, 5.41) is 15.6. The average molecular weight is 307 g/mol. The molecule has 1 aromatic carbocycles. The Balaban J connectivity index is 1.94. The van der Waals surface area contributed by atoms with Gasteiger partial charge in [-0.05, 0) is 17.7 Å².